The standard InChI is InChI=1S/C36H38F4N4O4/c1-24-5-7-25(8-6-24)22-43-15-17-44(18-16-43)34(46)27-9-10-31-28(20-27)21-32(47-31)33(45)41-29-11-13-42(14-12-29)23-26-3-2-4-30(19-26)48-36(39,40)35(37)38/h2-10,19-21,29,35H,11-18,22-23H2,1H3,(H,41,45). The number of hydrogen-bond acceptors (Lipinski definition) is 6. The largest absolute Gasteiger partial charge is 0.461 e. The molecule has 6 rings (SSSR count). The molecule has 0 radical (unpaired) electrons. The molecule has 8 nitrogen and oxygen atoms in total. The van der Waals surface area contributed by atoms with Crippen molar-refractivity contribution in [1.29, 1.82) is 0 Å². The third kappa shape index (κ3) is 8.16. The maximum atomic E-state index is 13.3. The lowest BCUT2D eigenvalue weighted by Gasteiger charge is -2.34. The second-order valence-electron chi connectivity index (χ2n) is 12.6. The minimum atomic E-state index is -4.56. The highest BCUT2D eigenvalue weighted by molar-refractivity contribution is 6.00. The summed E-state index contributed by atoms with van der Waals surface area (Å²) in [5, 5.41) is 3.70. The molecule has 0 unspecified atom stereocenters. The molecular weight excluding hydrogens is 628 g/mol. The number of halogens is 4. The molecule has 1 aromatic heterocycles. The van der Waals surface area contributed by atoms with Crippen LogP contribution in [0.3, 0.4) is 0 Å². The molecule has 2 saturated heterocycles. The SMILES string of the molecule is Cc1ccc(CN2CCN(C(=O)c3ccc4oc(C(=O)NC5CCN(Cc6cccc(OC(F)(F)C(F)F)c6)CC5)cc4c3)CC2)cc1. The number of fused-ring (bicyclic) bond motifs is 1. The summed E-state index contributed by atoms with van der Waals surface area (Å²) >= 11 is 0. The molecule has 2 fully saturated rings. The number of ether oxygens (including phenoxy) is 1. The minimum Gasteiger partial charge on any atom is -0.451 e. The summed E-state index contributed by atoms with van der Waals surface area (Å²) < 4.78 is 61.6. The van der Waals surface area contributed by atoms with Crippen LogP contribution in [-0.4, -0.2) is 84.4 Å². The Kier molecular flexibility index (Phi) is 10.0. The van der Waals surface area contributed by atoms with Gasteiger partial charge in [-0.15, -0.1) is 0 Å². The van der Waals surface area contributed by atoms with Crippen LogP contribution < -0.4 is 10.1 Å². The average molecular weight is 667 g/mol. The zero-order valence-corrected chi connectivity index (χ0v) is 26.6. The van der Waals surface area contributed by atoms with E-state index in [1.807, 2.05) is 4.90 Å². The first-order valence-electron chi connectivity index (χ1n) is 16.1. The van der Waals surface area contributed by atoms with Crippen LogP contribution in [0.15, 0.2) is 77.2 Å². The van der Waals surface area contributed by atoms with E-state index in [-0.39, 0.29) is 29.4 Å². The van der Waals surface area contributed by atoms with Gasteiger partial charge in [0.15, 0.2) is 5.76 Å². The van der Waals surface area contributed by atoms with Gasteiger partial charge in [-0.1, -0.05) is 42.0 Å². The van der Waals surface area contributed by atoms with Gasteiger partial charge in [0.2, 0.25) is 0 Å². The van der Waals surface area contributed by atoms with Gasteiger partial charge in [-0.05, 0) is 67.3 Å². The lowest BCUT2D eigenvalue weighted by atomic mass is 10.0. The van der Waals surface area contributed by atoms with Gasteiger partial charge in [0.25, 0.3) is 11.8 Å². The molecule has 12 heteroatoms. The first-order chi connectivity index (χ1) is 23.0. The Morgan fingerprint density at radius 1 is 0.875 bits per heavy atom. The van der Waals surface area contributed by atoms with Crippen LogP contribution in [0.25, 0.3) is 11.0 Å². The van der Waals surface area contributed by atoms with E-state index in [2.05, 4.69) is 51.0 Å². The first kappa shape index (κ1) is 33.5. The molecule has 0 saturated carbocycles. The van der Waals surface area contributed by atoms with Crippen LogP contribution in [0.2, 0.25) is 0 Å². The van der Waals surface area contributed by atoms with Crippen molar-refractivity contribution < 1.29 is 36.3 Å². The summed E-state index contributed by atoms with van der Waals surface area (Å²) in [4.78, 5) is 32.7. The Labute approximate surface area is 276 Å². The Balaban J connectivity index is 0.979. The summed E-state index contributed by atoms with van der Waals surface area (Å²) in [6.07, 6.45) is -7.18. The Bertz CT molecular complexity index is 1730. The topological polar surface area (TPSA) is 78.3 Å². The molecule has 0 aliphatic carbocycles. The fraction of sp³-hybridized carbons (Fsp3) is 0.389. The fourth-order valence-corrected chi connectivity index (χ4v) is 6.19. The molecule has 1 N–H and O–H groups in total. The first-order valence-corrected chi connectivity index (χ1v) is 16.1. The molecular formula is C36H38F4N4O4. The summed E-state index contributed by atoms with van der Waals surface area (Å²) in [7, 11) is 0. The van der Waals surface area contributed by atoms with E-state index in [0.717, 1.165) is 19.6 Å². The number of furan rings is 1. The maximum absolute atomic E-state index is 13.3. The number of nitrogens with one attached hydrogen (secondary N) is 1. The predicted molar refractivity (Wildman–Crippen MR) is 172 cm³/mol. The summed E-state index contributed by atoms with van der Waals surface area (Å²) in [6.45, 7) is 7.49. The van der Waals surface area contributed by atoms with Crippen molar-refractivity contribution in [2.75, 3.05) is 39.3 Å². The molecule has 0 bridgehead atoms. The highest BCUT2D eigenvalue weighted by Gasteiger charge is 2.44. The molecule has 254 valence electrons. The zero-order chi connectivity index (χ0) is 33.8. The number of carbonyl (C=O) groups is 2. The Hall–Kier alpha value is -4.42. The molecule has 3 heterocycles. The number of aryl methyl sites for hydroxylation is 1. The molecule has 2 aliphatic heterocycles. The zero-order valence-electron chi connectivity index (χ0n) is 26.6. The van der Waals surface area contributed by atoms with Gasteiger partial charge in [-0.3, -0.25) is 19.4 Å². The van der Waals surface area contributed by atoms with Gasteiger partial charge in [0, 0.05) is 69.3 Å². The molecule has 0 spiro atoms. The van der Waals surface area contributed by atoms with E-state index in [1.165, 1.54) is 29.3 Å². The van der Waals surface area contributed by atoms with Gasteiger partial charge in [-0.2, -0.15) is 17.6 Å². The van der Waals surface area contributed by atoms with Crippen LogP contribution in [0, 0.1) is 6.92 Å². The number of nitrogens with zero attached hydrogens (tertiary/aromatic N) is 3. The van der Waals surface area contributed by atoms with Crippen LogP contribution in [0.5, 0.6) is 5.75 Å². The molecule has 2 amide bonds. The monoisotopic (exact) mass is 666 g/mol. The Morgan fingerprint density at radius 3 is 2.27 bits per heavy atom. The van der Waals surface area contributed by atoms with E-state index in [1.54, 1.807) is 30.3 Å². The number of carbonyl (C=O) groups excluding carboxylic acids is 2. The van der Waals surface area contributed by atoms with Crippen LogP contribution >= 0.6 is 0 Å². The third-order valence-corrected chi connectivity index (χ3v) is 8.91. The highest BCUT2D eigenvalue weighted by atomic mass is 19.3. The molecule has 4 aromatic rings. The van der Waals surface area contributed by atoms with Crippen molar-refractivity contribution in [1.82, 2.24) is 20.0 Å². The van der Waals surface area contributed by atoms with E-state index < -0.39 is 12.5 Å². The van der Waals surface area contributed by atoms with E-state index in [0.29, 0.717) is 67.7 Å². The van der Waals surface area contributed by atoms with E-state index in [4.69, 9.17) is 4.42 Å². The number of benzene rings is 3. The van der Waals surface area contributed by atoms with Crippen molar-refractivity contribution in [3.63, 3.8) is 0 Å². The predicted octanol–water partition coefficient (Wildman–Crippen LogP) is 6.33. The van der Waals surface area contributed by atoms with Gasteiger partial charge >= 0.3 is 12.5 Å². The molecule has 48 heavy (non-hydrogen) atoms. The lowest BCUT2D eigenvalue weighted by Crippen LogP contribution is -2.48. The third-order valence-electron chi connectivity index (χ3n) is 8.91. The van der Waals surface area contributed by atoms with Gasteiger partial charge in [0.1, 0.15) is 11.3 Å². The van der Waals surface area contributed by atoms with Gasteiger partial charge < -0.3 is 19.4 Å². The van der Waals surface area contributed by atoms with Crippen molar-refractivity contribution in [2.45, 2.75) is 51.4 Å². The maximum Gasteiger partial charge on any atom is 0.461 e. The summed E-state index contributed by atoms with van der Waals surface area (Å²) in [6, 6.07) is 21.1. The van der Waals surface area contributed by atoms with Crippen molar-refractivity contribution in [3.05, 3.63) is 101 Å². The van der Waals surface area contributed by atoms with Crippen molar-refractivity contribution in [2.24, 2.45) is 0 Å². The smallest absolute Gasteiger partial charge is 0.451 e. The second kappa shape index (κ2) is 14.4. The fourth-order valence-electron chi connectivity index (χ4n) is 6.19. The highest BCUT2D eigenvalue weighted by Crippen LogP contribution is 2.29. The minimum absolute atomic E-state index is 0.0452. The molecule has 0 atom stereocenters. The quantitative estimate of drug-likeness (QED) is 0.200. The molecule has 3 aromatic carbocycles. The molecule has 2 aliphatic rings. The Morgan fingerprint density at radius 2 is 1.56 bits per heavy atom. The van der Waals surface area contributed by atoms with Crippen molar-refractivity contribution in [3.8, 4) is 5.75 Å². The van der Waals surface area contributed by atoms with Crippen LogP contribution in [0.4, 0.5) is 17.6 Å². The number of hydrogen-bond donors (Lipinski definition) is 1. The van der Waals surface area contributed by atoms with Crippen molar-refractivity contribution >= 4 is 22.8 Å². The normalized spacial score (nSPS) is 16.8. The summed E-state index contributed by atoms with van der Waals surface area (Å²) in [5.74, 6) is -0.544. The second-order valence-corrected chi connectivity index (χ2v) is 12.6. The number of piperidine rings is 1. The number of amides is 2. The summed E-state index contributed by atoms with van der Waals surface area (Å²) in [5.41, 5.74) is 4.22. The van der Waals surface area contributed by atoms with Gasteiger partial charge in [0.05, 0.1) is 0 Å². The average Bonchev–Trinajstić information content (AvgIpc) is 3.51. The number of alkyl halides is 4. The van der Waals surface area contributed by atoms with Gasteiger partial charge in [-0.25, -0.2) is 0 Å². The van der Waals surface area contributed by atoms with E-state index >= 15 is 0 Å². The number of rotatable bonds is 10. The number of likely N-dealkylation sites (tertiary alicyclic amines) is 1. The van der Waals surface area contributed by atoms with E-state index in [9.17, 15) is 27.2 Å². The number of piperazine rings is 1. The van der Waals surface area contributed by atoms with Crippen LogP contribution in [0.1, 0.15) is 50.4 Å². The van der Waals surface area contributed by atoms with Crippen LogP contribution in [-0.2, 0) is 13.1 Å². The lowest BCUT2D eigenvalue weighted by molar-refractivity contribution is -0.253.